The second-order valence-electron chi connectivity index (χ2n) is 3.96. The Hall–Kier alpha value is -0.940. The van der Waals surface area contributed by atoms with Gasteiger partial charge < -0.3 is 0 Å². The molecule has 0 atom stereocenters. The number of benzene rings is 1. The van der Waals surface area contributed by atoms with Gasteiger partial charge in [0.15, 0.2) is 5.82 Å². The molecular formula is C14H7BrCl2N2S. The Morgan fingerprint density at radius 3 is 2.25 bits per heavy atom. The molecule has 0 aliphatic carbocycles. The molecule has 0 saturated carbocycles. The normalized spacial score (nSPS) is 10.8. The number of halogens is 3. The van der Waals surface area contributed by atoms with Crippen molar-refractivity contribution in [1.29, 1.82) is 0 Å². The number of nitrogens with zero attached hydrogens (tertiary/aromatic N) is 2. The van der Waals surface area contributed by atoms with Gasteiger partial charge in [0, 0.05) is 10.0 Å². The Balaban J connectivity index is 2.17. The van der Waals surface area contributed by atoms with Gasteiger partial charge in [-0.25, -0.2) is 9.97 Å². The highest BCUT2D eigenvalue weighted by molar-refractivity contribution is 9.10. The molecule has 1 aromatic carbocycles. The summed E-state index contributed by atoms with van der Waals surface area (Å²) in [4.78, 5) is 9.64. The average molecular weight is 386 g/mol. The van der Waals surface area contributed by atoms with Crippen molar-refractivity contribution in [2.45, 2.75) is 0 Å². The van der Waals surface area contributed by atoms with E-state index in [1.165, 1.54) is 0 Å². The molecule has 0 saturated heterocycles. The zero-order valence-corrected chi connectivity index (χ0v) is 13.9. The molecule has 0 amide bonds. The highest BCUT2D eigenvalue weighted by atomic mass is 79.9. The van der Waals surface area contributed by atoms with Crippen LogP contribution in [-0.4, -0.2) is 9.97 Å². The first-order chi connectivity index (χ1) is 9.66. The lowest BCUT2D eigenvalue weighted by molar-refractivity contribution is 1.19. The number of hydrogen-bond donors (Lipinski definition) is 0. The van der Waals surface area contributed by atoms with Gasteiger partial charge in [0.05, 0.1) is 10.4 Å². The summed E-state index contributed by atoms with van der Waals surface area (Å²) in [5, 5.41) is 2.66. The van der Waals surface area contributed by atoms with Crippen molar-refractivity contribution in [1.82, 2.24) is 9.97 Å². The number of aromatic nitrogens is 2. The van der Waals surface area contributed by atoms with Crippen LogP contribution in [0.4, 0.5) is 0 Å². The van der Waals surface area contributed by atoms with Gasteiger partial charge in [-0.3, -0.25) is 0 Å². The fraction of sp³-hybridized carbons (Fsp3) is 0. The standard InChI is InChI=1S/C14H7BrCl2N2S/c15-9-5-2-1-4-8(9)11-12(16)18-14(19-13(11)17)10-6-3-7-20-10/h1-7H. The molecule has 3 rings (SSSR count). The van der Waals surface area contributed by atoms with Crippen LogP contribution in [0.25, 0.3) is 21.8 Å². The summed E-state index contributed by atoms with van der Waals surface area (Å²) in [6.45, 7) is 0. The van der Waals surface area contributed by atoms with Gasteiger partial charge in [-0.05, 0) is 17.5 Å². The lowest BCUT2D eigenvalue weighted by Crippen LogP contribution is -1.94. The minimum atomic E-state index is 0.348. The molecule has 0 N–H and O–H groups in total. The number of thiophene rings is 1. The zero-order valence-electron chi connectivity index (χ0n) is 9.98. The van der Waals surface area contributed by atoms with Crippen LogP contribution in [0.5, 0.6) is 0 Å². The van der Waals surface area contributed by atoms with Crippen LogP contribution < -0.4 is 0 Å². The molecule has 0 aliphatic rings. The Labute approximate surface area is 138 Å². The van der Waals surface area contributed by atoms with Crippen LogP contribution in [0, 0.1) is 0 Å². The third-order valence-corrected chi connectivity index (χ3v) is 4.81. The summed E-state index contributed by atoms with van der Waals surface area (Å²) in [6, 6.07) is 11.6. The Kier molecular flexibility index (Phi) is 4.08. The van der Waals surface area contributed by atoms with Crippen LogP contribution in [0.3, 0.4) is 0 Å². The Bertz CT molecular complexity index is 737. The molecule has 2 heterocycles. The van der Waals surface area contributed by atoms with Crippen LogP contribution in [0.2, 0.25) is 10.3 Å². The van der Waals surface area contributed by atoms with Gasteiger partial charge >= 0.3 is 0 Å². The highest BCUT2D eigenvalue weighted by Crippen LogP contribution is 2.38. The van der Waals surface area contributed by atoms with Crippen LogP contribution in [0.15, 0.2) is 46.3 Å². The lowest BCUT2D eigenvalue weighted by atomic mass is 10.1. The largest absolute Gasteiger partial charge is 0.215 e. The molecule has 0 bridgehead atoms. The first kappa shape index (κ1) is 14.0. The van der Waals surface area contributed by atoms with Gasteiger partial charge in [0.1, 0.15) is 10.3 Å². The molecule has 0 radical (unpaired) electrons. The first-order valence-corrected chi connectivity index (χ1v) is 8.11. The molecule has 0 unspecified atom stereocenters. The summed E-state index contributed by atoms with van der Waals surface area (Å²) in [6.07, 6.45) is 0. The Morgan fingerprint density at radius 1 is 0.950 bits per heavy atom. The van der Waals surface area contributed by atoms with Crippen molar-refractivity contribution >= 4 is 50.5 Å². The second kappa shape index (κ2) is 5.82. The highest BCUT2D eigenvalue weighted by Gasteiger charge is 2.16. The molecule has 3 aromatic rings. The van der Waals surface area contributed by atoms with Crippen LogP contribution in [-0.2, 0) is 0 Å². The van der Waals surface area contributed by atoms with Crippen LogP contribution in [0.1, 0.15) is 0 Å². The zero-order chi connectivity index (χ0) is 14.1. The second-order valence-corrected chi connectivity index (χ2v) is 6.48. The van der Waals surface area contributed by atoms with E-state index in [1.807, 2.05) is 41.8 Å². The minimum absolute atomic E-state index is 0.348. The van der Waals surface area contributed by atoms with E-state index in [4.69, 9.17) is 23.2 Å². The predicted molar refractivity (Wildman–Crippen MR) is 88.5 cm³/mol. The fourth-order valence-corrected chi connectivity index (χ4v) is 3.54. The molecule has 0 fully saturated rings. The predicted octanol–water partition coefficient (Wildman–Crippen LogP) is 5.94. The molecule has 2 nitrogen and oxygen atoms in total. The monoisotopic (exact) mass is 384 g/mol. The maximum absolute atomic E-state index is 6.31. The van der Waals surface area contributed by atoms with Gasteiger partial charge in [-0.2, -0.15) is 0 Å². The van der Waals surface area contributed by atoms with E-state index in [0.717, 1.165) is 14.9 Å². The van der Waals surface area contributed by atoms with Gasteiger partial charge in [-0.15, -0.1) is 11.3 Å². The molecule has 0 aliphatic heterocycles. The van der Waals surface area contributed by atoms with E-state index in [9.17, 15) is 0 Å². The molecule has 20 heavy (non-hydrogen) atoms. The van der Waals surface area contributed by atoms with E-state index < -0.39 is 0 Å². The van der Waals surface area contributed by atoms with E-state index in [0.29, 0.717) is 21.7 Å². The van der Waals surface area contributed by atoms with E-state index >= 15 is 0 Å². The minimum Gasteiger partial charge on any atom is -0.215 e. The topological polar surface area (TPSA) is 25.8 Å². The van der Waals surface area contributed by atoms with E-state index in [-0.39, 0.29) is 0 Å². The summed E-state index contributed by atoms with van der Waals surface area (Å²) in [5.74, 6) is 0.547. The van der Waals surface area contributed by atoms with Crippen molar-refractivity contribution in [3.63, 3.8) is 0 Å². The third-order valence-electron chi connectivity index (χ3n) is 2.71. The van der Waals surface area contributed by atoms with Gasteiger partial charge in [0.25, 0.3) is 0 Å². The molecule has 2 aromatic heterocycles. The Morgan fingerprint density at radius 2 is 1.65 bits per heavy atom. The van der Waals surface area contributed by atoms with Gasteiger partial charge in [-0.1, -0.05) is 63.4 Å². The summed E-state index contributed by atoms with van der Waals surface area (Å²) >= 11 is 17.6. The van der Waals surface area contributed by atoms with Crippen molar-refractivity contribution < 1.29 is 0 Å². The molecular weight excluding hydrogens is 379 g/mol. The van der Waals surface area contributed by atoms with E-state index in [1.54, 1.807) is 11.3 Å². The van der Waals surface area contributed by atoms with E-state index in [2.05, 4.69) is 25.9 Å². The molecule has 6 heteroatoms. The maximum atomic E-state index is 6.31. The average Bonchev–Trinajstić information content (AvgIpc) is 2.94. The molecule has 100 valence electrons. The van der Waals surface area contributed by atoms with Crippen molar-refractivity contribution in [2.75, 3.05) is 0 Å². The first-order valence-electron chi connectivity index (χ1n) is 5.68. The number of hydrogen-bond acceptors (Lipinski definition) is 3. The van der Waals surface area contributed by atoms with Crippen molar-refractivity contribution in [3.05, 3.63) is 56.6 Å². The summed E-state index contributed by atoms with van der Waals surface area (Å²) in [5.41, 5.74) is 1.52. The number of rotatable bonds is 2. The van der Waals surface area contributed by atoms with Gasteiger partial charge in [0.2, 0.25) is 0 Å². The van der Waals surface area contributed by atoms with Crippen LogP contribution >= 0.6 is 50.5 Å². The van der Waals surface area contributed by atoms with Crippen molar-refractivity contribution in [2.24, 2.45) is 0 Å². The lowest BCUT2D eigenvalue weighted by Gasteiger charge is -2.09. The van der Waals surface area contributed by atoms with Crippen molar-refractivity contribution in [3.8, 4) is 21.8 Å². The SMILES string of the molecule is Clc1nc(-c2cccs2)nc(Cl)c1-c1ccccc1Br. The summed E-state index contributed by atoms with van der Waals surface area (Å²) < 4.78 is 0.899. The third kappa shape index (κ3) is 2.61. The molecule has 0 spiro atoms. The quantitative estimate of drug-likeness (QED) is 0.510. The maximum Gasteiger partial charge on any atom is 0.172 e. The fourth-order valence-electron chi connectivity index (χ4n) is 1.81. The summed E-state index contributed by atoms with van der Waals surface area (Å²) in [7, 11) is 0. The smallest absolute Gasteiger partial charge is 0.172 e.